The van der Waals surface area contributed by atoms with Crippen LogP contribution < -0.4 is 0 Å². The molecule has 0 unspecified atom stereocenters. The zero-order chi connectivity index (χ0) is 9.68. The lowest BCUT2D eigenvalue weighted by molar-refractivity contribution is -0.107. The summed E-state index contributed by atoms with van der Waals surface area (Å²) in [5.74, 6) is 0.381. The van der Waals surface area contributed by atoms with Crippen molar-refractivity contribution in [1.82, 2.24) is 0 Å². The summed E-state index contributed by atoms with van der Waals surface area (Å²) >= 11 is 0. The minimum absolute atomic E-state index is 0.381. The lowest BCUT2D eigenvalue weighted by Crippen LogP contribution is -1.92. The number of carbonyl (C=O) groups is 1. The molecule has 0 saturated carbocycles. The van der Waals surface area contributed by atoms with Gasteiger partial charge in [0.1, 0.15) is 0 Å². The molecule has 0 amide bonds. The van der Waals surface area contributed by atoms with Crippen molar-refractivity contribution in [2.75, 3.05) is 7.11 Å². The van der Waals surface area contributed by atoms with Gasteiger partial charge in [0.2, 0.25) is 0 Å². The third kappa shape index (κ3) is 2.18. The summed E-state index contributed by atoms with van der Waals surface area (Å²) < 4.78 is 4.93. The Balaban J connectivity index is 3.08. The Morgan fingerprint density at radius 1 is 1.31 bits per heavy atom. The standard InChI is InChI=1S/C11H12O2/c1-9(11(8-12)13-2)10-6-4-3-5-7-10/h3-8H,1-2H3/b11-9+. The highest BCUT2D eigenvalue weighted by Crippen LogP contribution is 2.16. The smallest absolute Gasteiger partial charge is 0.184 e. The summed E-state index contributed by atoms with van der Waals surface area (Å²) in [6.07, 6.45) is 0.725. The van der Waals surface area contributed by atoms with Gasteiger partial charge in [-0.1, -0.05) is 30.3 Å². The third-order valence-electron chi connectivity index (χ3n) is 1.90. The van der Waals surface area contributed by atoms with Gasteiger partial charge >= 0.3 is 0 Å². The normalized spacial score (nSPS) is 11.8. The van der Waals surface area contributed by atoms with E-state index in [0.717, 1.165) is 17.4 Å². The van der Waals surface area contributed by atoms with Gasteiger partial charge in [-0.25, -0.2) is 0 Å². The highest BCUT2D eigenvalue weighted by atomic mass is 16.5. The van der Waals surface area contributed by atoms with Crippen LogP contribution in [-0.2, 0) is 9.53 Å². The average Bonchev–Trinajstić information content (AvgIpc) is 2.21. The first-order valence-electron chi connectivity index (χ1n) is 4.05. The van der Waals surface area contributed by atoms with Crippen LogP contribution in [0.1, 0.15) is 12.5 Å². The quantitative estimate of drug-likeness (QED) is 0.401. The molecule has 0 radical (unpaired) electrons. The highest BCUT2D eigenvalue weighted by molar-refractivity contribution is 5.84. The minimum atomic E-state index is 0.381. The highest BCUT2D eigenvalue weighted by Gasteiger charge is 2.02. The van der Waals surface area contributed by atoms with Crippen LogP contribution in [0.4, 0.5) is 0 Å². The van der Waals surface area contributed by atoms with Crippen molar-refractivity contribution in [3.63, 3.8) is 0 Å². The number of methoxy groups -OCH3 is 1. The van der Waals surface area contributed by atoms with Crippen molar-refractivity contribution in [3.05, 3.63) is 41.7 Å². The molecule has 1 aromatic carbocycles. The first-order chi connectivity index (χ1) is 6.29. The summed E-state index contributed by atoms with van der Waals surface area (Å²) in [5, 5.41) is 0. The minimum Gasteiger partial charge on any atom is -0.493 e. The lowest BCUT2D eigenvalue weighted by atomic mass is 10.1. The monoisotopic (exact) mass is 176 g/mol. The average molecular weight is 176 g/mol. The molecule has 2 nitrogen and oxygen atoms in total. The van der Waals surface area contributed by atoms with Crippen molar-refractivity contribution >= 4 is 11.9 Å². The van der Waals surface area contributed by atoms with E-state index in [9.17, 15) is 4.79 Å². The van der Waals surface area contributed by atoms with E-state index in [1.165, 1.54) is 7.11 Å². The predicted molar refractivity (Wildman–Crippen MR) is 52.1 cm³/mol. The number of carbonyl (C=O) groups excluding carboxylic acids is 1. The maximum atomic E-state index is 10.6. The number of aldehydes is 1. The van der Waals surface area contributed by atoms with Crippen molar-refractivity contribution in [3.8, 4) is 0 Å². The first kappa shape index (κ1) is 9.52. The van der Waals surface area contributed by atoms with Gasteiger partial charge in [-0.05, 0) is 12.5 Å². The van der Waals surface area contributed by atoms with E-state index in [2.05, 4.69) is 0 Å². The fourth-order valence-corrected chi connectivity index (χ4v) is 1.12. The van der Waals surface area contributed by atoms with Gasteiger partial charge in [0, 0.05) is 5.57 Å². The Morgan fingerprint density at radius 3 is 2.38 bits per heavy atom. The van der Waals surface area contributed by atoms with E-state index >= 15 is 0 Å². The molecule has 0 saturated heterocycles. The van der Waals surface area contributed by atoms with E-state index in [-0.39, 0.29) is 0 Å². The SMILES string of the molecule is CO/C(C=O)=C(\C)c1ccccc1. The second-order valence-corrected chi connectivity index (χ2v) is 2.68. The Labute approximate surface area is 77.8 Å². The molecule has 0 N–H and O–H groups in total. The van der Waals surface area contributed by atoms with Crippen LogP contribution in [0, 0.1) is 0 Å². The van der Waals surface area contributed by atoms with Gasteiger partial charge in [-0.3, -0.25) is 4.79 Å². The zero-order valence-corrected chi connectivity index (χ0v) is 7.78. The lowest BCUT2D eigenvalue weighted by Gasteiger charge is -2.04. The van der Waals surface area contributed by atoms with E-state index < -0.39 is 0 Å². The summed E-state index contributed by atoms with van der Waals surface area (Å²) in [6.45, 7) is 1.86. The van der Waals surface area contributed by atoms with Gasteiger partial charge < -0.3 is 4.74 Å². The molecular formula is C11H12O2. The summed E-state index contributed by atoms with van der Waals surface area (Å²) in [5.41, 5.74) is 1.87. The Morgan fingerprint density at radius 2 is 1.92 bits per heavy atom. The Bertz CT molecular complexity index is 312. The summed E-state index contributed by atoms with van der Waals surface area (Å²) in [6, 6.07) is 9.67. The molecule has 0 atom stereocenters. The zero-order valence-electron chi connectivity index (χ0n) is 7.78. The molecule has 0 spiro atoms. The van der Waals surface area contributed by atoms with E-state index in [1.807, 2.05) is 37.3 Å². The van der Waals surface area contributed by atoms with Gasteiger partial charge in [0.15, 0.2) is 12.0 Å². The van der Waals surface area contributed by atoms with Crippen LogP contribution >= 0.6 is 0 Å². The molecule has 0 heterocycles. The third-order valence-corrected chi connectivity index (χ3v) is 1.90. The number of hydrogen-bond donors (Lipinski definition) is 0. The molecule has 1 rings (SSSR count). The number of hydrogen-bond acceptors (Lipinski definition) is 2. The fourth-order valence-electron chi connectivity index (χ4n) is 1.12. The number of benzene rings is 1. The maximum absolute atomic E-state index is 10.6. The predicted octanol–water partition coefficient (Wildman–Crippen LogP) is 2.26. The summed E-state index contributed by atoms with van der Waals surface area (Å²) in [7, 11) is 1.50. The fraction of sp³-hybridized carbons (Fsp3) is 0.182. The maximum Gasteiger partial charge on any atom is 0.184 e. The molecule has 0 aliphatic heterocycles. The first-order valence-corrected chi connectivity index (χ1v) is 4.05. The largest absolute Gasteiger partial charge is 0.493 e. The van der Waals surface area contributed by atoms with Crippen molar-refractivity contribution in [2.24, 2.45) is 0 Å². The van der Waals surface area contributed by atoms with Gasteiger partial charge in [0.05, 0.1) is 7.11 Å². The van der Waals surface area contributed by atoms with Crippen LogP contribution in [0.3, 0.4) is 0 Å². The van der Waals surface area contributed by atoms with Crippen LogP contribution in [0.2, 0.25) is 0 Å². The summed E-state index contributed by atoms with van der Waals surface area (Å²) in [4.78, 5) is 10.6. The molecule has 2 heteroatoms. The van der Waals surface area contributed by atoms with E-state index in [4.69, 9.17) is 4.74 Å². The molecule has 0 fully saturated rings. The topological polar surface area (TPSA) is 26.3 Å². The molecule has 68 valence electrons. The molecule has 13 heavy (non-hydrogen) atoms. The molecule has 0 aliphatic rings. The second-order valence-electron chi connectivity index (χ2n) is 2.68. The number of rotatable bonds is 3. The van der Waals surface area contributed by atoms with Crippen molar-refractivity contribution in [1.29, 1.82) is 0 Å². The van der Waals surface area contributed by atoms with Crippen LogP contribution in [0.5, 0.6) is 0 Å². The van der Waals surface area contributed by atoms with Crippen molar-refractivity contribution in [2.45, 2.75) is 6.92 Å². The van der Waals surface area contributed by atoms with Gasteiger partial charge in [-0.15, -0.1) is 0 Å². The van der Waals surface area contributed by atoms with Gasteiger partial charge in [0.25, 0.3) is 0 Å². The van der Waals surface area contributed by atoms with E-state index in [1.54, 1.807) is 0 Å². The Kier molecular flexibility index (Phi) is 3.26. The van der Waals surface area contributed by atoms with Crippen LogP contribution in [0.15, 0.2) is 36.1 Å². The van der Waals surface area contributed by atoms with E-state index in [0.29, 0.717) is 5.76 Å². The Hall–Kier alpha value is -1.57. The molecule has 0 bridgehead atoms. The number of ether oxygens (including phenoxy) is 1. The second kappa shape index (κ2) is 4.45. The molecular weight excluding hydrogens is 164 g/mol. The molecule has 1 aromatic rings. The van der Waals surface area contributed by atoms with Crippen LogP contribution in [-0.4, -0.2) is 13.4 Å². The molecule has 0 aromatic heterocycles. The molecule has 0 aliphatic carbocycles. The van der Waals surface area contributed by atoms with Gasteiger partial charge in [-0.2, -0.15) is 0 Å². The van der Waals surface area contributed by atoms with Crippen LogP contribution in [0.25, 0.3) is 5.57 Å². The number of allylic oxidation sites excluding steroid dienone is 2. The van der Waals surface area contributed by atoms with Crippen molar-refractivity contribution < 1.29 is 9.53 Å².